The molecule has 29 heavy (non-hydrogen) atoms. The van der Waals surface area contributed by atoms with Gasteiger partial charge in [0.05, 0.1) is 18.3 Å². The van der Waals surface area contributed by atoms with Crippen LogP contribution in [0.2, 0.25) is 0 Å². The Bertz CT molecular complexity index is 875. The van der Waals surface area contributed by atoms with Crippen LogP contribution in [0.25, 0.3) is 0 Å². The minimum absolute atomic E-state index is 0.104. The highest BCUT2D eigenvalue weighted by molar-refractivity contribution is 6.07. The summed E-state index contributed by atoms with van der Waals surface area (Å²) in [5.41, 5.74) is 2.81. The van der Waals surface area contributed by atoms with E-state index in [1.165, 1.54) is 7.11 Å². The molecule has 0 saturated carbocycles. The zero-order chi connectivity index (χ0) is 21.6. The number of allylic oxidation sites excluding steroid dienone is 1. The van der Waals surface area contributed by atoms with Crippen LogP contribution < -0.4 is 0 Å². The Balaban J connectivity index is 2.57. The van der Waals surface area contributed by atoms with E-state index in [1.807, 2.05) is 6.07 Å². The molecule has 2 atom stereocenters. The molecule has 0 fully saturated rings. The van der Waals surface area contributed by atoms with Gasteiger partial charge in [-0.25, -0.2) is 4.79 Å². The molecule has 0 spiro atoms. The van der Waals surface area contributed by atoms with Crippen LogP contribution in [0.3, 0.4) is 0 Å². The topological polar surface area (TPSA) is 74.2 Å². The lowest BCUT2D eigenvalue weighted by atomic mass is 9.75. The monoisotopic (exact) mass is 397 g/mol. The van der Waals surface area contributed by atoms with Crippen molar-refractivity contribution in [3.8, 4) is 12.3 Å². The predicted octanol–water partition coefficient (Wildman–Crippen LogP) is 3.26. The lowest BCUT2D eigenvalue weighted by Crippen LogP contribution is -2.37. The van der Waals surface area contributed by atoms with Gasteiger partial charge in [0.2, 0.25) is 0 Å². The van der Waals surface area contributed by atoms with Gasteiger partial charge in [0.1, 0.15) is 12.5 Å². The third-order valence-corrected chi connectivity index (χ3v) is 4.59. The first kappa shape index (κ1) is 22.4. The van der Waals surface area contributed by atoms with Crippen LogP contribution in [0.15, 0.2) is 40.5 Å². The van der Waals surface area contributed by atoms with Crippen molar-refractivity contribution in [2.75, 3.05) is 20.3 Å². The second-order valence-corrected chi connectivity index (χ2v) is 7.09. The van der Waals surface area contributed by atoms with Gasteiger partial charge >= 0.3 is 11.9 Å². The van der Waals surface area contributed by atoms with Crippen molar-refractivity contribution in [2.45, 2.75) is 39.7 Å². The molecule has 0 aliphatic carbocycles. The fourth-order valence-electron chi connectivity index (χ4n) is 3.39. The minimum atomic E-state index is -0.751. The summed E-state index contributed by atoms with van der Waals surface area (Å²) >= 11 is 0. The summed E-state index contributed by atoms with van der Waals surface area (Å²) in [6.07, 6.45) is 5.26. The van der Waals surface area contributed by atoms with E-state index in [1.54, 1.807) is 45.9 Å². The summed E-state index contributed by atoms with van der Waals surface area (Å²) in [6, 6.07) is 7.24. The number of ether oxygens (including phenoxy) is 3. The van der Waals surface area contributed by atoms with Crippen molar-refractivity contribution in [3.05, 3.63) is 46.7 Å². The van der Waals surface area contributed by atoms with Crippen LogP contribution in [-0.4, -0.2) is 44.1 Å². The molecule has 0 saturated heterocycles. The van der Waals surface area contributed by atoms with Gasteiger partial charge in [-0.2, -0.15) is 0 Å². The number of hydrogen-bond donors (Lipinski definition) is 0. The van der Waals surface area contributed by atoms with E-state index in [9.17, 15) is 9.59 Å². The third kappa shape index (κ3) is 5.33. The summed E-state index contributed by atoms with van der Waals surface area (Å²) in [6.45, 7) is 7.44. The first-order valence-electron chi connectivity index (χ1n) is 9.49. The highest BCUT2D eigenvalue weighted by Crippen LogP contribution is 2.40. The first-order valence-corrected chi connectivity index (χ1v) is 9.49. The van der Waals surface area contributed by atoms with Crippen molar-refractivity contribution in [3.63, 3.8) is 0 Å². The van der Waals surface area contributed by atoms with Crippen LogP contribution in [-0.2, 0) is 23.8 Å². The van der Waals surface area contributed by atoms with Crippen LogP contribution in [0.1, 0.15) is 44.7 Å². The minimum Gasteiger partial charge on any atom is -0.462 e. The molecule has 1 heterocycles. The molecular formula is C23H27NO5. The number of carbonyl (C=O) groups is 2. The molecule has 0 aromatic heterocycles. The van der Waals surface area contributed by atoms with Gasteiger partial charge in [0.15, 0.2) is 0 Å². The van der Waals surface area contributed by atoms with Crippen molar-refractivity contribution in [1.29, 1.82) is 0 Å². The summed E-state index contributed by atoms with van der Waals surface area (Å²) < 4.78 is 15.8. The molecule has 6 heteroatoms. The highest BCUT2D eigenvalue weighted by Gasteiger charge is 2.42. The second kappa shape index (κ2) is 10.0. The Morgan fingerprint density at radius 1 is 1.24 bits per heavy atom. The Hall–Kier alpha value is -2.91. The molecule has 0 radical (unpaired) electrons. The molecule has 1 aromatic carbocycles. The Labute approximate surface area is 171 Å². The lowest BCUT2D eigenvalue weighted by Gasteiger charge is -2.32. The molecule has 0 bridgehead atoms. The van der Waals surface area contributed by atoms with Gasteiger partial charge in [-0.05, 0) is 45.4 Å². The smallest absolute Gasteiger partial charge is 0.336 e. The van der Waals surface area contributed by atoms with Crippen LogP contribution in [0.4, 0.5) is 0 Å². The summed E-state index contributed by atoms with van der Waals surface area (Å²) in [5, 5.41) is 0. The fourth-order valence-corrected chi connectivity index (χ4v) is 3.39. The number of benzene rings is 1. The van der Waals surface area contributed by atoms with Crippen molar-refractivity contribution in [2.24, 2.45) is 10.9 Å². The zero-order valence-electron chi connectivity index (χ0n) is 17.5. The molecule has 0 N–H and O–H groups in total. The number of aliphatic imine (C=N–C) groups is 1. The third-order valence-electron chi connectivity index (χ3n) is 4.59. The highest BCUT2D eigenvalue weighted by atomic mass is 16.6. The molecule has 1 aromatic rings. The quantitative estimate of drug-likeness (QED) is 0.401. The molecule has 154 valence electrons. The van der Waals surface area contributed by atoms with Gasteiger partial charge in [0, 0.05) is 30.0 Å². The molecule has 1 aliphatic rings. The maximum absolute atomic E-state index is 13.0. The number of hydrogen-bond acceptors (Lipinski definition) is 6. The van der Waals surface area contributed by atoms with E-state index in [0.29, 0.717) is 22.5 Å². The van der Waals surface area contributed by atoms with E-state index in [0.717, 1.165) is 5.56 Å². The normalized spacial score (nSPS) is 18.9. The van der Waals surface area contributed by atoms with Gasteiger partial charge in [-0.1, -0.05) is 18.1 Å². The largest absolute Gasteiger partial charge is 0.462 e. The maximum atomic E-state index is 13.0. The van der Waals surface area contributed by atoms with E-state index >= 15 is 0 Å². The standard InChI is InChI=1S/C23H27NO5/c1-7-17-9-8-10-18(13-17)21-19(22(25)28-12-11-27-6)15(4)24-16(5)20(21)23(26)29-14(2)3/h1,8-10,13-14,20-21H,11-12H2,2-6H3. The van der Waals surface area contributed by atoms with Crippen LogP contribution in [0.5, 0.6) is 0 Å². The number of carbonyl (C=O) groups excluding carboxylic acids is 2. The Kier molecular flexibility index (Phi) is 7.74. The zero-order valence-corrected chi connectivity index (χ0v) is 17.5. The molecule has 6 nitrogen and oxygen atoms in total. The predicted molar refractivity (Wildman–Crippen MR) is 110 cm³/mol. The average molecular weight is 397 g/mol. The summed E-state index contributed by atoms with van der Waals surface area (Å²) in [7, 11) is 1.53. The molecule has 1 aliphatic heterocycles. The van der Waals surface area contributed by atoms with Crippen molar-refractivity contribution >= 4 is 17.7 Å². The number of terminal acetylenes is 1. The molecular weight excluding hydrogens is 370 g/mol. The van der Waals surface area contributed by atoms with E-state index in [-0.39, 0.29) is 19.3 Å². The molecule has 0 amide bonds. The van der Waals surface area contributed by atoms with Crippen molar-refractivity contribution in [1.82, 2.24) is 0 Å². The SMILES string of the molecule is C#Cc1cccc(C2C(C(=O)OCCOC)=C(C)N=C(C)C2C(=O)OC(C)C)c1. The number of methoxy groups -OCH3 is 1. The number of rotatable bonds is 7. The van der Waals surface area contributed by atoms with E-state index in [4.69, 9.17) is 20.6 Å². The lowest BCUT2D eigenvalue weighted by molar-refractivity contribution is -0.150. The van der Waals surface area contributed by atoms with Crippen molar-refractivity contribution < 1.29 is 23.8 Å². The maximum Gasteiger partial charge on any atom is 0.336 e. The average Bonchev–Trinajstić information content (AvgIpc) is 2.66. The molecule has 2 unspecified atom stereocenters. The summed E-state index contributed by atoms with van der Waals surface area (Å²) in [5.74, 6) is 0.265. The van der Waals surface area contributed by atoms with E-state index < -0.39 is 23.8 Å². The van der Waals surface area contributed by atoms with Gasteiger partial charge in [-0.15, -0.1) is 6.42 Å². The number of esters is 2. The Morgan fingerprint density at radius 3 is 2.59 bits per heavy atom. The van der Waals surface area contributed by atoms with Crippen LogP contribution in [0, 0.1) is 18.3 Å². The van der Waals surface area contributed by atoms with Gasteiger partial charge < -0.3 is 14.2 Å². The van der Waals surface area contributed by atoms with Gasteiger partial charge in [0.25, 0.3) is 0 Å². The second-order valence-electron chi connectivity index (χ2n) is 7.09. The van der Waals surface area contributed by atoms with E-state index in [2.05, 4.69) is 10.9 Å². The Morgan fingerprint density at radius 2 is 1.97 bits per heavy atom. The summed E-state index contributed by atoms with van der Waals surface area (Å²) in [4.78, 5) is 30.3. The number of nitrogens with zero attached hydrogens (tertiary/aromatic N) is 1. The first-order chi connectivity index (χ1) is 13.8. The van der Waals surface area contributed by atoms with Gasteiger partial charge in [-0.3, -0.25) is 9.79 Å². The van der Waals surface area contributed by atoms with Crippen LogP contribution >= 0.6 is 0 Å². The molecule has 2 rings (SSSR count). The fraction of sp³-hybridized carbons (Fsp3) is 0.435.